The lowest BCUT2D eigenvalue weighted by atomic mass is 9.86. The van der Waals surface area contributed by atoms with Crippen molar-refractivity contribution in [3.8, 4) is 0 Å². The number of carbonyl (C=O) groups is 2. The molecule has 0 saturated heterocycles. The van der Waals surface area contributed by atoms with E-state index < -0.39 is 17.6 Å². The van der Waals surface area contributed by atoms with Crippen molar-refractivity contribution >= 4 is 19.7 Å². The lowest BCUT2D eigenvalue weighted by molar-refractivity contribution is -0.122. The summed E-state index contributed by atoms with van der Waals surface area (Å²) in [6, 6.07) is -0.600. The molecule has 0 bridgehead atoms. The van der Waals surface area contributed by atoms with Crippen LogP contribution < -0.4 is 0 Å². The SMILES string of the molecule is BC(C)(C)OC(=O)N1CC=C[C@H]1C(=O)CCO. The second-order valence-corrected chi connectivity index (χ2v) is 4.95. The molecular formula is C11H18BNO4. The zero-order valence-electron chi connectivity index (χ0n) is 10.5. The second kappa shape index (κ2) is 5.36. The molecule has 0 fully saturated rings. The molecule has 94 valence electrons. The van der Waals surface area contributed by atoms with Gasteiger partial charge in [-0.2, -0.15) is 0 Å². The van der Waals surface area contributed by atoms with Crippen LogP contribution in [-0.2, 0) is 9.53 Å². The standard InChI is InChI=1S/C11H18BNO4/c1-11(2,12)17-10(16)13-6-3-4-8(13)9(15)5-7-14/h3-4,8,14H,5-7,12H2,1-2H3/t8-/m0/s1. The van der Waals surface area contributed by atoms with Gasteiger partial charge in [0.2, 0.25) is 0 Å². The number of nitrogens with zero attached hydrogens (tertiary/aromatic N) is 1. The Labute approximate surface area is 102 Å². The minimum atomic E-state index is -0.600. The van der Waals surface area contributed by atoms with E-state index in [0.29, 0.717) is 6.54 Å². The number of hydrogen-bond acceptors (Lipinski definition) is 4. The molecule has 1 aliphatic heterocycles. The van der Waals surface area contributed by atoms with E-state index in [0.717, 1.165) is 0 Å². The first kappa shape index (κ1) is 13.8. The molecular weight excluding hydrogens is 221 g/mol. The molecule has 6 heteroatoms. The lowest BCUT2D eigenvalue weighted by Crippen LogP contribution is -2.44. The summed E-state index contributed by atoms with van der Waals surface area (Å²) in [5.41, 5.74) is -0.579. The molecule has 0 saturated carbocycles. The van der Waals surface area contributed by atoms with Gasteiger partial charge in [-0.05, 0) is 13.8 Å². The van der Waals surface area contributed by atoms with Crippen molar-refractivity contribution in [3.05, 3.63) is 12.2 Å². The summed E-state index contributed by atoms with van der Waals surface area (Å²) in [5, 5.41) is 8.73. The molecule has 17 heavy (non-hydrogen) atoms. The van der Waals surface area contributed by atoms with Crippen LogP contribution in [0.1, 0.15) is 20.3 Å². The number of Topliss-reactive ketones (excluding diaryl/α,β-unsaturated/α-hetero) is 1. The summed E-state index contributed by atoms with van der Waals surface area (Å²) in [6.45, 7) is 3.72. The second-order valence-electron chi connectivity index (χ2n) is 4.95. The van der Waals surface area contributed by atoms with Crippen molar-refractivity contribution in [2.24, 2.45) is 0 Å². The highest BCUT2D eigenvalue weighted by Gasteiger charge is 2.32. The number of rotatable bonds is 4. The zero-order chi connectivity index (χ0) is 13.1. The van der Waals surface area contributed by atoms with Gasteiger partial charge in [-0.1, -0.05) is 12.2 Å². The average molecular weight is 239 g/mol. The van der Waals surface area contributed by atoms with Crippen LogP contribution in [-0.4, -0.2) is 54.4 Å². The first-order valence-electron chi connectivity index (χ1n) is 5.65. The number of ether oxygens (including phenoxy) is 1. The van der Waals surface area contributed by atoms with Gasteiger partial charge in [0.05, 0.1) is 12.1 Å². The quantitative estimate of drug-likeness (QED) is 0.539. The monoisotopic (exact) mass is 239 g/mol. The van der Waals surface area contributed by atoms with Gasteiger partial charge in [-0.15, -0.1) is 0 Å². The average Bonchev–Trinajstić information content (AvgIpc) is 2.63. The first-order valence-corrected chi connectivity index (χ1v) is 5.65. The van der Waals surface area contributed by atoms with Crippen LogP contribution in [0.15, 0.2) is 12.2 Å². The van der Waals surface area contributed by atoms with Gasteiger partial charge in [-0.25, -0.2) is 4.79 Å². The molecule has 5 nitrogen and oxygen atoms in total. The van der Waals surface area contributed by atoms with Crippen molar-refractivity contribution in [2.75, 3.05) is 13.2 Å². The third kappa shape index (κ3) is 3.89. The molecule has 0 spiro atoms. The topological polar surface area (TPSA) is 66.8 Å². The van der Waals surface area contributed by atoms with E-state index in [2.05, 4.69) is 0 Å². The number of ketones is 1. The summed E-state index contributed by atoms with van der Waals surface area (Å²) < 4.78 is 5.21. The Morgan fingerprint density at radius 1 is 1.59 bits per heavy atom. The number of carbonyl (C=O) groups excluding carboxylic acids is 2. The van der Waals surface area contributed by atoms with E-state index in [-0.39, 0.29) is 18.8 Å². The predicted molar refractivity (Wildman–Crippen MR) is 65.4 cm³/mol. The lowest BCUT2D eigenvalue weighted by Gasteiger charge is -2.28. The van der Waals surface area contributed by atoms with E-state index >= 15 is 0 Å². The largest absolute Gasteiger partial charge is 0.453 e. The summed E-state index contributed by atoms with van der Waals surface area (Å²) in [7, 11) is 1.78. The smallest absolute Gasteiger partial charge is 0.410 e. The Kier molecular flexibility index (Phi) is 4.34. The van der Waals surface area contributed by atoms with Crippen LogP contribution in [0, 0.1) is 0 Å². The Morgan fingerprint density at radius 2 is 2.24 bits per heavy atom. The van der Waals surface area contributed by atoms with Crippen LogP contribution >= 0.6 is 0 Å². The van der Waals surface area contributed by atoms with E-state index in [4.69, 9.17) is 9.84 Å². The van der Waals surface area contributed by atoms with Gasteiger partial charge in [-0.3, -0.25) is 9.69 Å². The summed E-state index contributed by atoms with van der Waals surface area (Å²) in [6.07, 6.45) is 2.97. The maximum atomic E-state index is 11.8. The number of hydrogen-bond donors (Lipinski definition) is 1. The van der Waals surface area contributed by atoms with E-state index in [1.54, 1.807) is 33.8 Å². The summed E-state index contributed by atoms with van der Waals surface area (Å²) >= 11 is 0. The molecule has 1 amide bonds. The van der Waals surface area contributed by atoms with Crippen molar-refractivity contribution in [1.29, 1.82) is 0 Å². The van der Waals surface area contributed by atoms with Gasteiger partial charge < -0.3 is 9.84 Å². The molecule has 0 unspecified atom stereocenters. The summed E-state index contributed by atoms with van der Waals surface area (Å²) in [4.78, 5) is 24.9. The predicted octanol–water partition coefficient (Wildman–Crippen LogP) is -0.316. The van der Waals surface area contributed by atoms with Gasteiger partial charge in [0.1, 0.15) is 6.04 Å². The zero-order valence-corrected chi connectivity index (χ0v) is 10.5. The fraction of sp³-hybridized carbons (Fsp3) is 0.636. The minimum Gasteiger partial charge on any atom is -0.453 e. The van der Waals surface area contributed by atoms with Crippen molar-refractivity contribution in [2.45, 2.75) is 31.8 Å². The van der Waals surface area contributed by atoms with E-state index in [1.165, 1.54) is 4.90 Å². The maximum Gasteiger partial charge on any atom is 0.410 e. The molecule has 0 aliphatic carbocycles. The fourth-order valence-corrected chi connectivity index (χ4v) is 1.57. The minimum absolute atomic E-state index is 0.0499. The number of aliphatic hydroxyl groups is 1. The van der Waals surface area contributed by atoms with Crippen LogP contribution in [0.5, 0.6) is 0 Å². The third-order valence-electron chi connectivity index (χ3n) is 2.27. The molecule has 1 N–H and O–H groups in total. The van der Waals surface area contributed by atoms with Crippen LogP contribution in [0.2, 0.25) is 0 Å². The van der Waals surface area contributed by atoms with Crippen molar-refractivity contribution in [3.63, 3.8) is 0 Å². The Hall–Kier alpha value is -1.30. The molecule has 1 heterocycles. The number of aliphatic hydroxyl groups excluding tert-OH is 1. The molecule has 0 aromatic carbocycles. The van der Waals surface area contributed by atoms with E-state index in [1.807, 2.05) is 0 Å². The first-order chi connectivity index (χ1) is 7.85. The van der Waals surface area contributed by atoms with Gasteiger partial charge in [0.15, 0.2) is 13.6 Å². The number of amides is 1. The normalized spacial score (nSPS) is 19.5. The third-order valence-corrected chi connectivity index (χ3v) is 2.27. The highest BCUT2D eigenvalue weighted by Crippen LogP contribution is 2.16. The fourth-order valence-electron chi connectivity index (χ4n) is 1.57. The van der Waals surface area contributed by atoms with Crippen LogP contribution in [0.3, 0.4) is 0 Å². The molecule has 0 aromatic heterocycles. The molecule has 1 aliphatic rings. The maximum absolute atomic E-state index is 11.8. The molecule has 0 aromatic rings. The molecule has 1 atom stereocenters. The Morgan fingerprint density at radius 3 is 2.76 bits per heavy atom. The Balaban J connectivity index is 2.65. The van der Waals surface area contributed by atoms with Crippen molar-refractivity contribution in [1.82, 2.24) is 4.90 Å². The van der Waals surface area contributed by atoms with Crippen molar-refractivity contribution < 1.29 is 19.4 Å². The summed E-state index contributed by atoms with van der Waals surface area (Å²) in [5.74, 6) is -0.174. The van der Waals surface area contributed by atoms with Gasteiger partial charge in [0.25, 0.3) is 0 Å². The van der Waals surface area contributed by atoms with Crippen LogP contribution in [0.4, 0.5) is 4.79 Å². The van der Waals surface area contributed by atoms with Crippen LogP contribution in [0.25, 0.3) is 0 Å². The highest BCUT2D eigenvalue weighted by atomic mass is 16.6. The van der Waals surface area contributed by atoms with Gasteiger partial charge in [0, 0.05) is 13.0 Å². The van der Waals surface area contributed by atoms with Gasteiger partial charge >= 0.3 is 6.09 Å². The molecule has 1 rings (SSSR count). The molecule has 0 radical (unpaired) electrons. The van der Waals surface area contributed by atoms with E-state index in [9.17, 15) is 9.59 Å². The Bertz CT molecular complexity index is 335. The highest BCUT2D eigenvalue weighted by molar-refractivity contribution is 6.14.